The number of piperidine rings is 1. The van der Waals surface area contributed by atoms with Crippen molar-refractivity contribution < 1.29 is 18.0 Å². The SMILES string of the molecule is CC1CN(C(=O)c2cc(C(F)(F)F)ccc2Br)CCC1N. The van der Waals surface area contributed by atoms with E-state index in [9.17, 15) is 18.0 Å². The maximum atomic E-state index is 12.8. The normalized spacial score (nSPS) is 23.2. The van der Waals surface area contributed by atoms with E-state index in [1.54, 1.807) is 4.90 Å². The summed E-state index contributed by atoms with van der Waals surface area (Å²) in [6.07, 6.45) is -3.81. The van der Waals surface area contributed by atoms with E-state index in [2.05, 4.69) is 15.9 Å². The van der Waals surface area contributed by atoms with Crippen LogP contribution in [-0.4, -0.2) is 29.9 Å². The molecule has 2 unspecified atom stereocenters. The zero-order valence-corrected chi connectivity index (χ0v) is 13.0. The first kappa shape index (κ1) is 16.3. The molecule has 1 amide bonds. The molecule has 1 fully saturated rings. The fraction of sp³-hybridized carbons (Fsp3) is 0.500. The molecule has 3 nitrogen and oxygen atoms in total. The zero-order chi connectivity index (χ0) is 15.8. The van der Waals surface area contributed by atoms with Gasteiger partial charge in [0.2, 0.25) is 0 Å². The quantitative estimate of drug-likeness (QED) is 0.830. The summed E-state index contributed by atoms with van der Waals surface area (Å²) in [6.45, 7) is 2.86. The Morgan fingerprint density at radius 3 is 2.67 bits per heavy atom. The van der Waals surface area contributed by atoms with E-state index in [1.165, 1.54) is 6.07 Å². The summed E-state index contributed by atoms with van der Waals surface area (Å²) in [5, 5.41) is 0. The molecule has 0 aliphatic carbocycles. The number of nitrogens with two attached hydrogens (primary N) is 1. The van der Waals surface area contributed by atoms with Gasteiger partial charge in [-0.1, -0.05) is 6.92 Å². The van der Waals surface area contributed by atoms with Crippen LogP contribution in [0.2, 0.25) is 0 Å². The second-order valence-corrected chi connectivity index (χ2v) is 6.23. The number of halogens is 4. The summed E-state index contributed by atoms with van der Waals surface area (Å²) in [7, 11) is 0. The van der Waals surface area contributed by atoms with Gasteiger partial charge in [-0.25, -0.2) is 0 Å². The Kier molecular flexibility index (Phi) is 4.63. The molecular formula is C14H16BrF3N2O. The van der Waals surface area contributed by atoms with Gasteiger partial charge in [-0.15, -0.1) is 0 Å². The van der Waals surface area contributed by atoms with E-state index in [0.717, 1.165) is 12.1 Å². The first-order valence-corrected chi connectivity index (χ1v) is 7.41. The fourth-order valence-electron chi connectivity index (χ4n) is 2.38. The van der Waals surface area contributed by atoms with Gasteiger partial charge in [0.15, 0.2) is 0 Å². The minimum absolute atomic E-state index is 0.0269. The van der Waals surface area contributed by atoms with Crippen LogP contribution in [0.15, 0.2) is 22.7 Å². The highest BCUT2D eigenvalue weighted by atomic mass is 79.9. The number of hydrogen-bond acceptors (Lipinski definition) is 2. The Morgan fingerprint density at radius 1 is 1.43 bits per heavy atom. The topological polar surface area (TPSA) is 46.3 Å². The second kappa shape index (κ2) is 5.96. The molecule has 1 aromatic rings. The molecule has 1 aliphatic rings. The monoisotopic (exact) mass is 364 g/mol. The van der Waals surface area contributed by atoms with Gasteiger partial charge in [-0.05, 0) is 46.5 Å². The van der Waals surface area contributed by atoms with Gasteiger partial charge in [0.25, 0.3) is 5.91 Å². The Balaban J connectivity index is 2.27. The molecule has 2 rings (SSSR count). The van der Waals surface area contributed by atoms with E-state index in [-0.39, 0.29) is 17.5 Å². The van der Waals surface area contributed by atoms with Gasteiger partial charge in [-0.2, -0.15) is 13.2 Å². The summed E-state index contributed by atoms with van der Waals surface area (Å²) in [5.74, 6) is -0.265. The van der Waals surface area contributed by atoms with Crippen LogP contribution in [0.3, 0.4) is 0 Å². The minimum atomic E-state index is -4.47. The summed E-state index contributed by atoms with van der Waals surface area (Å²) in [5.41, 5.74) is 5.11. The van der Waals surface area contributed by atoms with Crippen LogP contribution in [0.1, 0.15) is 29.3 Å². The summed E-state index contributed by atoms with van der Waals surface area (Å²) >= 11 is 3.15. The largest absolute Gasteiger partial charge is 0.416 e. The van der Waals surface area contributed by atoms with Crippen LogP contribution in [0.25, 0.3) is 0 Å². The number of benzene rings is 1. The number of carbonyl (C=O) groups is 1. The molecule has 1 aromatic carbocycles. The number of hydrogen-bond donors (Lipinski definition) is 1. The Hall–Kier alpha value is -1.08. The molecule has 21 heavy (non-hydrogen) atoms. The van der Waals surface area contributed by atoms with Gasteiger partial charge in [-0.3, -0.25) is 4.79 Å². The number of amides is 1. The number of rotatable bonds is 1. The Morgan fingerprint density at radius 2 is 2.10 bits per heavy atom. The number of likely N-dealkylation sites (tertiary alicyclic amines) is 1. The van der Waals surface area contributed by atoms with Crippen molar-refractivity contribution in [2.24, 2.45) is 11.7 Å². The van der Waals surface area contributed by atoms with Gasteiger partial charge in [0.1, 0.15) is 0 Å². The van der Waals surface area contributed by atoms with Gasteiger partial charge >= 0.3 is 6.18 Å². The molecule has 0 bridgehead atoms. The lowest BCUT2D eigenvalue weighted by Gasteiger charge is -2.35. The number of nitrogens with zero attached hydrogens (tertiary/aromatic N) is 1. The van der Waals surface area contributed by atoms with E-state index >= 15 is 0 Å². The third kappa shape index (κ3) is 3.58. The van der Waals surface area contributed by atoms with Crippen molar-refractivity contribution in [3.8, 4) is 0 Å². The molecule has 0 aromatic heterocycles. The van der Waals surface area contributed by atoms with Crippen molar-refractivity contribution in [2.75, 3.05) is 13.1 Å². The van der Waals surface area contributed by atoms with Crippen LogP contribution >= 0.6 is 15.9 Å². The minimum Gasteiger partial charge on any atom is -0.338 e. The van der Waals surface area contributed by atoms with Gasteiger partial charge < -0.3 is 10.6 Å². The van der Waals surface area contributed by atoms with Crippen LogP contribution in [0, 0.1) is 5.92 Å². The zero-order valence-electron chi connectivity index (χ0n) is 11.5. The predicted molar refractivity (Wildman–Crippen MR) is 76.8 cm³/mol. The highest BCUT2D eigenvalue weighted by molar-refractivity contribution is 9.10. The second-order valence-electron chi connectivity index (χ2n) is 5.37. The Bertz CT molecular complexity index is 548. The molecule has 0 saturated carbocycles. The highest BCUT2D eigenvalue weighted by Crippen LogP contribution is 2.32. The smallest absolute Gasteiger partial charge is 0.338 e. The van der Waals surface area contributed by atoms with E-state index in [4.69, 9.17) is 5.73 Å². The molecule has 0 radical (unpaired) electrons. The first-order chi connectivity index (χ1) is 9.70. The van der Waals surface area contributed by atoms with Crippen molar-refractivity contribution in [1.29, 1.82) is 0 Å². The van der Waals surface area contributed by atoms with E-state index in [1.807, 2.05) is 6.92 Å². The average molecular weight is 365 g/mol. The van der Waals surface area contributed by atoms with Crippen molar-refractivity contribution in [3.63, 3.8) is 0 Å². The molecular weight excluding hydrogens is 349 g/mol. The maximum Gasteiger partial charge on any atom is 0.416 e. The third-order valence-electron chi connectivity index (χ3n) is 3.78. The van der Waals surface area contributed by atoms with Crippen molar-refractivity contribution in [2.45, 2.75) is 25.6 Å². The Labute approximate surface area is 129 Å². The highest BCUT2D eigenvalue weighted by Gasteiger charge is 2.33. The van der Waals surface area contributed by atoms with Crippen molar-refractivity contribution in [1.82, 2.24) is 4.90 Å². The van der Waals surface area contributed by atoms with Gasteiger partial charge in [0.05, 0.1) is 11.1 Å². The molecule has 1 heterocycles. The van der Waals surface area contributed by atoms with Crippen molar-refractivity contribution in [3.05, 3.63) is 33.8 Å². The van der Waals surface area contributed by atoms with Gasteiger partial charge in [0, 0.05) is 23.6 Å². The maximum absolute atomic E-state index is 12.8. The number of alkyl halides is 3. The molecule has 7 heteroatoms. The van der Waals surface area contributed by atoms with Crippen LogP contribution in [0.5, 0.6) is 0 Å². The summed E-state index contributed by atoms with van der Waals surface area (Å²) in [4.78, 5) is 14.0. The molecule has 2 N–H and O–H groups in total. The summed E-state index contributed by atoms with van der Waals surface area (Å²) < 4.78 is 38.6. The van der Waals surface area contributed by atoms with E-state index in [0.29, 0.717) is 24.0 Å². The summed E-state index contributed by atoms with van der Waals surface area (Å²) in [6, 6.07) is 3.13. The van der Waals surface area contributed by atoms with Crippen LogP contribution in [0.4, 0.5) is 13.2 Å². The lowest BCUT2D eigenvalue weighted by molar-refractivity contribution is -0.137. The van der Waals surface area contributed by atoms with Crippen LogP contribution in [-0.2, 0) is 6.18 Å². The molecule has 116 valence electrons. The molecule has 1 saturated heterocycles. The number of carbonyl (C=O) groups excluding carboxylic acids is 1. The molecule has 1 aliphatic heterocycles. The predicted octanol–water partition coefficient (Wildman–Crippen LogP) is 3.28. The van der Waals surface area contributed by atoms with E-state index < -0.39 is 17.6 Å². The van der Waals surface area contributed by atoms with Crippen LogP contribution < -0.4 is 5.73 Å². The molecule has 0 spiro atoms. The first-order valence-electron chi connectivity index (χ1n) is 6.61. The molecule has 2 atom stereocenters. The van der Waals surface area contributed by atoms with Crippen molar-refractivity contribution >= 4 is 21.8 Å². The standard InChI is InChI=1S/C14H16BrF3N2O/c1-8-7-20(5-4-12(8)19)13(21)10-6-9(14(16,17)18)2-3-11(10)15/h2-3,6,8,12H,4-5,7,19H2,1H3. The average Bonchev–Trinajstić information content (AvgIpc) is 2.40. The lowest BCUT2D eigenvalue weighted by Crippen LogP contribution is -2.48. The fourth-order valence-corrected chi connectivity index (χ4v) is 2.80. The lowest BCUT2D eigenvalue weighted by atomic mass is 9.94. The third-order valence-corrected chi connectivity index (χ3v) is 4.47.